The van der Waals surface area contributed by atoms with Crippen molar-refractivity contribution in [3.05, 3.63) is 58.2 Å². The van der Waals surface area contributed by atoms with Crippen LogP contribution in [0.4, 0.5) is 13.2 Å². The minimum absolute atomic E-state index is 0.355. The summed E-state index contributed by atoms with van der Waals surface area (Å²) in [7, 11) is 0. The molecule has 1 atom stereocenters. The molecule has 1 aromatic carbocycles. The normalized spacial score (nSPS) is 13.2. The van der Waals surface area contributed by atoms with Crippen LogP contribution < -0.4 is 5.73 Å². The highest BCUT2D eigenvalue weighted by atomic mass is 79.9. The molecule has 1 aromatic heterocycles. The molecule has 0 aliphatic rings. The Balaban J connectivity index is 2.01. The molecule has 21 heavy (non-hydrogen) atoms. The van der Waals surface area contributed by atoms with E-state index in [1.165, 1.54) is 23.9 Å². The molecule has 0 bridgehead atoms. The molecule has 2 aromatic rings. The van der Waals surface area contributed by atoms with Gasteiger partial charge in [-0.2, -0.15) is 13.2 Å². The van der Waals surface area contributed by atoms with Gasteiger partial charge < -0.3 is 5.73 Å². The van der Waals surface area contributed by atoms with Crippen LogP contribution in [-0.2, 0) is 6.18 Å². The maximum absolute atomic E-state index is 12.5. The lowest BCUT2D eigenvalue weighted by Crippen LogP contribution is -2.14. The van der Waals surface area contributed by atoms with E-state index in [0.717, 1.165) is 21.6 Å². The Morgan fingerprint density at radius 3 is 2.43 bits per heavy atom. The number of halogens is 4. The van der Waals surface area contributed by atoms with Gasteiger partial charge in [-0.3, -0.25) is 0 Å². The van der Waals surface area contributed by atoms with Gasteiger partial charge in [0.15, 0.2) is 0 Å². The predicted octanol–water partition coefficient (Wildman–Crippen LogP) is 4.66. The van der Waals surface area contributed by atoms with E-state index < -0.39 is 11.7 Å². The Morgan fingerprint density at radius 2 is 1.86 bits per heavy atom. The third-order valence-corrected chi connectivity index (χ3v) is 4.82. The zero-order valence-electron chi connectivity index (χ0n) is 10.8. The summed E-state index contributed by atoms with van der Waals surface area (Å²) in [4.78, 5) is 4.20. The molecule has 2 nitrogen and oxygen atoms in total. The summed E-state index contributed by atoms with van der Waals surface area (Å²) in [6, 6.07) is 8.27. The maximum atomic E-state index is 12.5. The van der Waals surface area contributed by atoms with Crippen LogP contribution >= 0.6 is 27.7 Å². The largest absolute Gasteiger partial charge is 0.416 e. The lowest BCUT2D eigenvalue weighted by Gasteiger charge is -2.13. The molecule has 0 saturated heterocycles. The van der Waals surface area contributed by atoms with Gasteiger partial charge in [0.2, 0.25) is 0 Å². The predicted molar refractivity (Wildman–Crippen MR) is 81.0 cm³/mol. The molecule has 2 rings (SSSR count). The summed E-state index contributed by atoms with van der Waals surface area (Å²) in [5, 5.41) is 0.805. The molecule has 0 radical (unpaired) electrons. The highest BCUT2D eigenvalue weighted by molar-refractivity contribution is 9.10. The van der Waals surface area contributed by atoms with Crippen LogP contribution in [0.2, 0.25) is 0 Å². The van der Waals surface area contributed by atoms with E-state index in [2.05, 4.69) is 20.9 Å². The summed E-state index contributed by atoms with van der Waals surface area (Å²) in [5.41, 5.74) is 6.01. The van der Waals surface area contributed by atoms with Gasteiger partial charge in [0.1, 0.15) is 5.03 Å². The van der Waals surface area contributed by atoms with Gasteiger partial charge in [0.25, 0.3) is 0 Å². The van der Waals surface area contributed by atoms with Gasteiger partial charge in [-0.15, -0.1) is 11.8 Å². The second kappa shape index (κ2) is 6.81. The standard InChI is InChI=1S/C14H12BrF3N2S/c15-11-2-1-7-20-13(11)21-8-12(19)9-3-5-10(6-4-9)14(16,17)18/h1-7,12H,8,19H2. The first kappa shape index (κ1) is 16.3. The fourth-order valence-electron chi connectivity index (χ4n) is 1.66. The lowest BCUT2D eigenvalue weighted by molar-refractivity contribution is -0.137. The van der Waals surface area contributed by atoms with E-state index >= 15 is 0 Å². The Labute approximate surface area is 133 Å². The lowest BCUT2D eigenvalue weighted by atomic mass is 10.1. The van der Waals surface area contributed by atoms with Gasteiger partial charge in [0, 0.05) is 22.5 Å². The number of thioether (sulfide) groups is 1. The van der Waals surface area contributed by atoms with E-state index in [-0.39, 0.29) is 6.04 Å². The number of hydrogen-bond acceptors (Lipinski definition) is 3. The molecule has 1 heterocycles. The number of benzene rings is 1. The molecule has 0 saturated carbocycles. The third-order valence-electron chi connectivity index (χ3n) is 2.79. The Hall–Kier alpha value is -1.05. The fraction of sp³-hybridized carbons (Fsp3) is 0.214. The first-order valence-corrected chi connectivity index (χ1v) is 7.82. The van der Waals surface area contributed by atoms with E-state index in [1.54, 1.807) is 6.20 Å². The average molecular weight is 377 g/mol. The summed E-state index contributed by atoms with van der Waals surface area (Å²) in [5.74, 6) is 0.529. The first-order chi connectivity index (χ1) is 9.88. The number of alkyl halides is 3. The molecular weight excluding hydrogens is 365 g/mol. The van der Waals surface area contributed by atoms with Crippen molar-refractivity contribution in [1.82, 2.24) is 4.98 Å². The number of nitrogens with zero attached hydrogens (tertiary/aromatic N) is 1. The van der Waals surface area contributed by atoms with Crippen LogP contribution in [0.25, 0.3) is 0 Å². The molecule has 112 valence electrons. The second-order valence-electron chi connectivity index (χ2n) is 4.33. The van der Waals surface area contributed by atoms with Gasteiger partial charge in [-0.25, -0.2) is 4.98 Å². The first-order valence-electron chi connectivity index (χ1n) is 6.04. The quantitative estimate of drug-likeness (QED) is 0.788. The van der Waals surface area contributed by atoms with Crippen molar-refractivity contribution >= 4 is 27.7 Å². The van der Waals surface area contributed by atoms with E-state index in [1.807, 2.05) is 12.1 Å². The topological polar surface area (TPSA) is 38.9 Å². The van der Waals surface area contributed by atoms with Crippen LogP contribution in [0.5, 0.6) is 0 Å². The second-order valence-corrected chi connectivity index (χ2v) is 6.19. The van der Waals surface area contributed by atoms with Crippen molar-refractivity contribution in [1.29, 1.82) is 0 Å². The maximum Gasteiger partial charge on any atom is 0.416 e. The molecule has 2 N–H and O–H groups in total. The highest BCUT2D eigenvalue weighted by Crippen LogP contribution is 2.31. The van der Waals surface area contributed by atoms with Crippen molar-refractivity contribution in [2.24, 2.45) is 5.73 Å². The molecule has 0 aliphatic heterocycles. The van der Waals surface area contributed by atoms with Gasteiger partial charge in [0.05, 0.1) is 5.56 Å². The van der Waals surface area contributed by atoms with Crippen molar-refractivity contribution in [2.75, 3.05) is 5.75 Å². The van der Waals surface area contributed by atoms with Crippen LogP contribution in [-0.4, -0.2) is 10.7 Å². The number of nitrogens with two attached hydrogens (primary N) is 1. The van der Waals surface area contributed by atoms with Crippen LogP contribution in [0.1, 0.15) is 17.2 Å². The zero-order chi connectivity index (χ0) is 15.5. The number of aromatic nitrogens is 1. The van der Waals surface area contributed by atoms with Crippen molar-refractivity contribution in [3.63, 3.8) is 0 Å². The van der Waals surface area contributed by atoms with E-state index in [9.17, 15) is 13.2 Å². The van der Waals surface area contributed by atoms with Gasteiger partial charge in [-0.1, -0.05) is 12.1 Å². The van der Waals surface area contributed by atoms with Crippen molar-refractivity contribution < 1.29 is 13.2 Å². The Morgan fingerprint density at radius 1 is 1.19 bits per heavy atom. The minimum Gasteiger partial charge on any atom is -0.323 e. The Bertz CT molecular complexity index is 602. The SMILES string of the molecule is NC(CSc1ncccc1Br)c1ccc(C(F)(F)F)cc1. The third kappa shape index (κ3) is 4.46. The molecule has 0 fully saturated rings. The smallest absolute Gasteiger partial charge is 0.323 e. The molecule has 0 amide bonds. The van der Waals surface area contributed by atoms with Crippen LogP contribution in [0.15, 0.2) is 52.1 Å². The number of hydrogen-bond donors (Lipinski definition) is 1. The van der Waals surface area contributed by atoms with Gasteiger partial charge in [-0.05, 0) is 45.8 Å². The summed E-state index contributed by atoms with van der Waals surface area (Å²) < 4.78 is 38.3. The monoisotopic (exact) mass is 376 g/mol. The van der Waals surface area contributed by atoms with Crippen molar-refractivity contribution in [3.8, 4) is 0 Å². The molecule has 0 spiro atoms. The number of pyridine rings is 1. The Kier molecular flexibility index (Phi) is 5.29. The van der Waals surface area contributed by atoms with Crippen LogP contribution in [0.3, 0.4) is 0 Å². The molecular formula is C14H12BrF3N2S. The van der Waals surface area contributed by atoms with E-state index in [4.69, 9.17) is 5.73 Å². The molecule has 0 aliphatic carbocycles. The van der Waals surface area contributed by atoms with Crippen molar-refractivity contribution in [2.45, 2.75) is 17.2 Å². The fourth-order valence-corrected chi connectivity index (χ4v) is 3.13. The molecule has 7 heteroatoms. The average Bonchev–Trinajstić information content (AvgIpc) is 2.45. The highest BCUT2D eigenvalue weighted by Gasteiger charge is 2.30. The van der Waals surface area contributed by atoms with E-state index in [0.29, 0.717) is 11.3 Å². The number of rotatable bonds is 4. The van der Waals surface area contributed by atoms with Gasteiger partial charge >= 0.3 is 6.18 Å². The van der Waals surface area contributed by atoms with Crippen LogP contribution in [0, 0.1) is 0 Å². The summed E-state index contributed by atoms with van der Waals surface area (Å²) in [6.07, 6.45) is -2.65. The minimum atomic E-state index is -4.32. The summed E-state index contributed by atoms with van der Waals surface area (Å²) >= 11 is 4.84. The zero-order valence-corrected chi connectivity index (χ0v) is 13.2. The summed E-state index contributed by atoms with van der Waals surface area (Å²) in [6.45, 7) is 0. The molecule has 1 unspecified atom stereocenters.